The van der Waals surface area contributed by atoms with Crippen LogP contribution in [0.15, 0.2) is 0 Å². The number of hydrogen-bond acceptors (Lipinski definition) is 4. The minimum atomic E-state index is 0. The molecule has 0 atom stereocenters. The van der Waals surface area contributed by atoms with Crippen LogP contribution in [0, 0.1) is 0 Å². The molecule has 4 nitrogen and oxygen atoms in total. The molecule has 185 valence electrons. The fourth-order valence-corrected chi connectivity index (χ4v) is 2.28. The molecule has 5 heteroatoms. The molecule has 0 spiro atoms. The largest absolute Gasteiger partial charge is 2.00 e. The minimum Gasteiger partial charge on any atom is -0.330 e. The zero-order valence-corrected chi connectivity index (χ0v) is 21.7. The molecule has 0 fully saturated rings. The second-order valence-electron chi connectivity index (χ2n) is 7.40. The first-order valence-electron chi connectivity index (χ1n) is 12.5. The van der Waals surface area contributed by atoms with Gasteiger partial charge in [-0.1, -0.05) is 105 Å². The third-order valence-corrected chi connectivity index (χ3v) is 4.23. The van der Waals surface area contributed by atoms with Gasteiger partial charge in [0.05, 0.1) is 0 Å². The van der Waals surface area contributed by atoms with Gasteiger partial charge >= 0.3 is 17.1 Å². The molecule has 8 N–H and O–H groups in total. The summed E-state index contributed by atoms with van der Waals surface area (Å²) in [5.74, 6) is 0. The fraction of sp³-hybridized carbons (Fsp3) is 1.00. The monoisotopic (exact) mass is 467 g/mol. The van der Waals surface area contributed by atoms with E-state index in [1.807, 2.05) is 0 Å². The quantitative estimate of drug-likeness (QED) is 0.162. The van der Waals surface area contributed by atoms with Crippen molar-refractivity contribution in [3.63, 3.8) is 0 Å². The first-order chi connectivity index (χ1) is 13.7. The van der Waals surface area contributed by atoms with Gasteiger partial charge in [0.25, 0.3) is 0 Å². The Morgan fingerprint density at radius 3 is 0.586 bits per heavy atom. The summed E-state index contributed by atoms with van der Waals surface area (Å²) in [6, 6.07) is 0. The second-order valence-corrected chi connectivity index (χ2v) is 7.40. The molecule has 0 aliphatic carbocycles. The van der Waals surface area contributed by atoms with Crippen molar-refractivity contribution >= 4 is 0 Å². The molecule has 0 rings (SSSR count). The van der Waals surface area contributed by atoms with E-state index in [2.05, 4.69) is 27.7 Å². The summed E-state index contributed by atoms with van der Waals surface area (Å²) in [4.78, 5) is 0. The number of nitrogens with two attached hydrogens (primary N) is 4. The molecule has 0 unspecified atom stereocenters. The van der Waals surface area contributed by atoms with Crippen LogP contribution in [0.2, 0.25) is 0 Å². The molecular weight excluding hydrogens is 408 g/mol. The van der Waals surface area contributed by atoms with E-state index in [1.54, 1.807) is 0 Å². The Labute approximate surface area is 196 Å². The summed E-state index contributed by atoms with van der Waals surface area (Å²) in [5.41, 5.74) is 21.1. The summed E-state index contributed by atoms with van der Waals surface area (Å²) >= 11 is 0. The Morgan fingerprint density at radius 2 is 0.483 bits per heavy atom. The predicted molar refractivity (Wildman–Crippen MR) is 133 cm³/mol. The van der Waals surface area contributed by atoms with E-state index < -0.39 is 0 Å². The molecule has 0 heterocycles. The summed E-state index contributed by atoms with van der Waals surface area (Å²) in [5, 5.41) is 0. The fourth-order valence-electron chi connectivity index (χ4n) is 2.28. The van der Waals surface area contributed by atoms with E-state index in [9.17, 15) is 0 Å². The zero-order chi connectivity index (χ0) is 22.1. The molecule has 0 aliphatic heterocycles. The molecule has 0 amide bonds. The van der Waals surface area contributed by atoms with E-state index in [0.717, 1.165) is 26.2 Å². The van der Waals surface area contributed by atoms with Crippen molar-refractivity contribution in [3.05, 3.63) is 0 Å². The smallest absolute Gasteiger partial charge is 0.330 e. The number of hydrogen-bond donors (Lipinski definition) is 4. The van der Waals surface area contributed by atoms with Crippen LogP contribution in [0.3, 0.4) is 0 Å². The zero-order valence-electron chi connectivity index (χ0n) is 20.8. The Hall–Kier alpha value is 0.359. The third-order valence-electron chi connectivity index (χ3n) is 4.23. The Morgan fingerprint density at radius 1 is 0.310 bits per heavy atom. The van der Waals surface area contributed by atoms with Crippen LogP contribution in [0.5, 0.6) is 0 Å². The normalized spacial score (nSPS) is 9.10. The Kier molecular flexibility index (Phi) is 70.3. The maximum atomic E-state index is 5.27. The summed E-state index contributed by atoms with van der Waals surface area (Å²) in [6.45, 7) is 12.3. The summed E-state index contributed by atoms with van der Waals surface area (Å²) in [6.07, 6.45) is 20.7. The van der Waals surface area contributed by atoms with Crippen LogP contribution >= 0.6 is 0 Å². The standard InChI is InChI=1S/4C6H15N.Cu/c4*1-2-3-4-5-6-7;/h4*2-7H2,1H3;/q;;;;+2. The van der Waals surface area contributed by atoms with E-state index in [4.69, 9.17) is 22.9 Å². The maximum absolute atomic E-state index is 5.27. The first-order valence-corrected chi connectivity index (χ1v) is 12.5. The molecule has 1 radical (unpaired) electrons. The first kappa shape index (κ1) is 39.8. The van der Waals surface area contributed by atoms with Crippen LogP contribution in [0.25, 0.3) is 0 Å². The van der Waals surface area contributed by atoms with Gasteiger partial charge in [0, 0.05) is 0 Å². The van der Waals surface area contributed by atoms with Crippen molar-refractivity contribution in [1.29, 1.82) is 0 Å². The van der Waals surface area contributed by atoms with E-state index in [-0.39, 0.29) is 17.1 Å². The van der Waals surface area contributed by atoms with Crippen LogP contribution in [0.4, 0.5) is 0 Å². The molecule has 0 saturated carbocycles. The minimum absolute atomic E-state index is 0. The molecule has 29 heavy (non-hydrogen) atoms. The molecule has 0 aliphatic rings. The van der Waals surface area contributed by atoms with Crippen LogP contribution in [-0.4, -0.2) is 26.2 Å². The van der Waals surface area contributed by atoms with E-state index >= 15 is 0 Å². The molecular formula is C24H60CuN4+2. The number of rotatable bonds is 16. The van der Waals surface area contributed by atoms with Crippen LogP contribution in [-0.2, 0) is 17.1 Å². The van der Waals surface area contributed by atoms with Gasteiger partial charge in [-0.05, 0) is 51.9 Å². The Balaban J connectivity index is -0.0000000873. The second kappa shape index (κ2) is 51.2. The van der Waals surface area contributed by atoms with Gasteiger partial charge < -0.3 is 22.9 Å². The predicted octanol–water partition coefficient (Wildman–Crippen LogP) is 6.10. The SMILES string of the molecule is CCCCCCN.CCCCCCN.CCCCCCN.CCCCCCN.[Cu+2]. The average molecular weight is 468 g/mol. The molecule has 0 saturated heterocycles. The van der Waals surface area contributed by atoms with Crippen molar-refractivity contribution in [3.8, 4) is 0 Å². The topological polar surface area (TPSA) is 104 Å². The molecule has 0 bridgehead atoms. The van der Waals surface area contributed by atoms with Crippen LogP contribution in [0.1, 0.15) is 130 Å². The van der Waals surface area contributed by atoms with Gasteiger partial charge in [0.1, 0.15) is 0 Å². The van der Waals surface area contributed by atoms with Gasteiger partial charge in [-0.15, -0.1) is 0 Å². The van der Waals surface area contributed by atoms with Crippen molar-refractivity contribution in [2.24, 2.45) is 22.9 Å². The van der Waals surface area contributed by atoms with E-state index in [1.165, 1.54) is 103 Å². The third kappa shape index (κ3) is 73.6. The van der Waals surface area contributed by atoms with Crippen LogP contribution < -0.4 is 22.9 Å². The molecule has 0 aromatic heterocycles. The van der Waals surface area contributed by atoms with E-state index in [0.29, 0.717) is 0 Å². The van der Waals surface area contributed by atoms with Crippen molar-refractivity contribution in [2.75, 3.05) is 26.2 Å². The summed E-state index contributed by atoms with van der Waals surface area (Å²) < 4.78 is 0. The number of unbranched alkanes of at least 4 members (excludes halogenated alkanes) is 12. The molecule has 0 aromatic carbocycles. The van der Waals surface area contributed by atoms with Gasteiger partial charge in [0.15, 0.2) is 0 Å². The molecule has 0 aromatic rings. The van der Waals surface area contributed by atoms with Crippen molar-refractivity contribution in [1.82, 2.24) is 0 Å². The maximum Gasteiger partial charge on any atom is 2.00 e. The van der Waals surface area contributed by atoms with Gasteiger partial charge in [-0.2, -0.15) is 0 Å². The summed E-state index contributed by atoms with van der Waals surface area (Å²) in [7, 11) is 0. The van der Waals surface area contributed by atoms with Gasteiger partial charge in [0.2, 0.25) is 0 Å². The van der Waals surface area contributed by atoms with Gasteiger partial charge in [-0.3, -0.25) is 0 Å². The Bertz CT molecular complexity index is 140. The van der Waals surface area contributed by atoms with Crippen molar-refractivity contribution in [2.45, 2.75) is 130 Å². The average Bonchev–Trinajstić information content (AvgIpc) is 2.71. The van der Waals surface area contributed by atoms with Crippen molar-refractivity contribution < 1.29 is 17.1 Å². The van der Waals surface area contributed by atoms with Gasteiger partial charge in [-0.25, -0.2) is 0 Å².